The van der Waals surface area contributed by atoms with Crippen molar-refractivity contribution in [2.75, 3.05) is 26.3 Å². The molecular formula is C20H27NO2. The summed E-state index contributed by atoms with van der Waals surface area (Å²) in [4.78, 5) is 2.81. The van der Waals surface area contributed by atoms with Gasteiger partial charge in [-0.2, -0.15) is 0 Å². The number of ether oxygens (including phenoxy) is 1. The second kappa shape index (κ2) is 5.22. The van der Waals surface area contributed by atoms with Gasteiger partial charge in [0.1, 0.15) is 5.75 Å². The molecule has 2 saturated heterocycles. The van der Waals surface area contributed by atoms with Gasteiger partial charge in [-0.3, -0.25) is 4.90 Å². The van der Waals surface area contributed by atoms with Gasteiger partial charge in [0, 0.05) is 24.6 Å². The van der Waals surface area contributed by atoms with Crippen molar-refractivity contribution < 1.29 is 9.84 Å². The normalized spacial score (nSPS) is 36.9. The molecule has 2 heterocycles. The van der Waals surface area contributed by atoms with Crippen molar-refractivity contribution in [1.82, 2.24) is 4.90 Å². The number of hydrogen-bond donors (Lipinski definition) is 1. The lowest BCUT2D eigenvalue weighted by molar-refractivity contribution is -0.0880. The number of likely N-dealkylation sites (tertiary alicyclic amines) is 1. The molecule has 5 rings (SSSR count). The zero-order valence-corrected chi connectivity index (χ0v) is 13.8. The molecule has 1 saturated carbocycles. The van der Waals surface area contributed by atoms with Gasteiger partial charge in [-0.1, -0.05) is 12.5 Å². The third-order valence-electron chi connectivity index (χ3n) is 7.20. The van der Waals surface area contributed by atoms with Gasteiger partial charge in [0.05, 0.1) is 6.61 Å². The SMILES string of the molecule is Oc1ccc2c(c1)[C@]13CCN(CC4CCC4)[C@H](C2)[C@@H]1CCOC3. The van der Waals surface area contributed by atoms with Crippen molar-refractivity contribution in [2.45, 2.75) is 50.0 Å². The molecule has 3 nitrogen and oxygen atoms in total. The predicted molar refractivity (Wildman–Crippen MR) is 89.7 cm³/mol. The first-order chi connectivity index (χ1) is 11.3. The molecule has 2 aliphatic carbocycles. The van der Waals surface area contributed by atoms with Crippen LogP contribution in [0.5, 0.6) is 5.75 Å². The van der Waals surface area contributed by atoms with E-state index in [1.807, 2.05) is 12.1 Å². The Hall–Kier alpha value is -1.06. The van der Waals surface area contributed by atoms with Gasteiger partial charge in [0.25, 0.3) is 0 Å². The number of piperidine rings is 1. The first-order valence-electron chi connectivity index (χ1n) is 9.40. The highest BCUT2D eigenvalue weighted by molar-refractivity contribution is 5.45. The molecule has 1 aromatic rings. The van der Waals surface area contributed by atoms with Crippen LogP contribution in [0.15, 0.2) is 18.2 Å². The molecule has 0 spiro atoms. The average Bonchev–Trinajstić information content (AvgIpc) is 2.53. The Labute approximate surface area is 138 Å². The van der Waals surface area contributed by atoms with Crippen LogP contribution in [-0.2, 0) is 16.6 Å². The highest BCUT2D eigenvalue weighted by atomic mass is 16.5. The highest BCUT2D eigenvalue weighted by Gasteiger charge is 2.54. The molecule has 0 aromatic heterocycles. The molecule has 1 N–H and O–H groups in total. The largest absolute Gasteiger partial charge is 0.508 e. The molecule has 0 radical (unpaired) electrons. The maximum atomic E-state index is 10.0. The van der Waals surface area contributed by atoms with E-state index >= 15 is 0 Å². The molecule has 0 amide bonds. The number of fused-ring (bicyclic) bond motifs is 1. The van der Waals surface area contributed by atoms with Crippen molar-refractivity contribution in [1.29, 1.82) is 0 Å². The lowest BCUT2D eigenvalue weighted by Crippen LogP contribution is -2.63. The smallest absolute Gasteiger partial charge is 0.115 e. The second-order valence-electron chi connectivity index (χ2n) is 8.26. The molecule has 4 aliphatic rings. The summed E-state index contributed by atoms with van der Waals surface area (Å²) in [7, 11) is 0. The molecule has 1 aromatic carbocycles. The second-order valence-corrected chi connectivity index (χ2v) is 8.26. The highest BCUT2D eigenvalue weighted by Crippen LogP contribution is 2.53. The van der Waals surface area contributed by atoms with Crippen LogP contribution in [0, 0.1) is 11.8 Å². The Bertz CT molecular complexity index is 612. The van der Waals surface area contributed by atoms with E-state index in [4.69, 9.17) is 4.74 Å². The van der Waals surface area contributed by atoms with Crippen LogP contribution in [0.3, 0.4) is 0 Å². The molecular weight excluding hydrogens is 286 g/mol. The summed E-state index contributed by atoms with van der Waals surface area (Å²) in [5.41, 5.74) is 3.00. The fraction of sp³-hybridized carbons (Fsp3) is 0.700. The van der Waals surface area contributed by atoms with Gasteiger partial charge in [0.2, 0.25) is 0 Å². The molecule has 3 heteroatoms. The van der Waals surface area contributed by atoms with E-state index in [0.717, 1.165) is 25.6 Å². The Balaban J connectivity index is 1.54. The van der Waals surface area contributed by atoms with Crippen LogP contribution >= 0.6 is 0 Å². The minimum atomic E-state index is 0.158. The molecule has 0 unspecified atom stereocenters. The number of aromatic hydroxyl groups is 1. The Morgan fingerprint density at radius 1 is 1.26 bits per heavy atom. The Kier molecular flexibility index (Phi) is 3.24. The first-order valence-corrected chi connectivity index (χ1v) is 9.40. The van der Waals surface area contributed by atoms with Crippen molar-refractivity contribution in [2.24, 2.45) is 11.8 Å². The monoisotopic (exact) mass is 313 g/mol. The zero-order valence-electron chi connectivity index (χ0n) is 13.8. The number of rotatable bonds is 2. The Morgan fingerprint density at radius 2 is 2.17 bits per heavy atom. The third-order valence-corrected chi connectivity index (χ3v) is 7.20. The van der Waals surface area contributed by atoms with Crippen LogP contribution < -0.4 is 0 Å². The van der Waals surface area contributed by atoms with E-state index in [1.54, 1.807) is 0 Å². The maximum absolute atomic E-state index is 10.0. The van der Waals surface area contributed by atoms with E-state index in [1.165, 1.54) is 56.3 Å². The van der Waals surface area contributed by atoms with E-state index in [9.17, 15) is 5.11 Å². The summed E-state index contributed by atoms with van der Waals surface area (Å²) in [5.74, 6) is 2.07. The number of nitrogens with zero attached hydrogens (tertiary/aromatic N) is 1. The molecule has 2 bridgehead atoms. The van der Waals surface area contributed by atoms with Gasteiger partial charge >= 0.3 is 0 Å². The van der Waals surface area contributed by atoms with Gasteiger partial charge in [0.15, 0.2) is 0 Å². The summed E-state index contributed by atoms with van der Waals surface area (Å²) >= 11 is 0. The standard InChI is InChI=1S/C20H27NO2/c22-16-5-4-15-10-19-17-6-9-23-13-20(17,18(15)11-16)7-8-21(19)12-14-2-1-3-14/h4-5,11,14,17,19,22H,1-3,6-10,12-13H2/t17-,19+,20-/m0/s1. The Morgan fingerprint density at radius 3 is 3.00 bits per heavy atom. The van der Waals surface area contributed by atoms with E-state index < -0.39 is 0 Å². The molecule has 3 fully saturated rings. The lowest BCUT2D eigenvalue weighted by Gasteiger charge is -2.59. The quantitative estimate of drug-likeness (QED) is 0.911. The predicted octanol–water partition coefficient (Wildman–Crippen LogP) is 3.10. The van der Waals surface area contributed by atoms with Gasteiger partial charge in [-0.25, -0.2) is 0 Å². The van der Waals surface area contributed by atoms with Crippen LogP contribution in [-0.4, -0.2) is 42.4 Å². The van der Waals surface area contributed by atoms with Gasteiger partial charge in [-0.15, -0.1) is 0 Å². The van der Waals surface area contributed by atoms with Crippen molar-refractivity contribution >= 4 is 0 Å². The summed E-state index contributed by atoms with van der Waals surface area (Å²) in [6.07, 6.45) is 7.85. The third kappa shape index (κ3) is 2.09. The van der Waals surface area contributed by atoms with E-state index in [2.05, 4.69) is 11.0 Å². The zero-order chi connectivity index (χ0) is 15.4. The topological polar surface area (TPSA) is 32.7 Å². The maximum Gasteiger partial charge on any atom is 0.115 e. The molecule has 23 heavy (non-hydrogen) atoms. The number of phenolic OH excluding ortho intramolecular Hbond substituents is 1. The van der Waals surface area contributed by atoms with Crippen molar-refractivity contribution in [3.63, 3.8) is 0 Å². The van der Waals surface area contributed by atoms with Crippen LogP contribution in [0.1, 0.15) is 43.2 Å². The van der Waals surface area contributed by atoms with E-state index in [-0.39, 0.29) is 5.41 Å². The molecule has 3 atom stereocenters. The summed E-state index contributed by atoms with van der Waals surface area (Å²) in [6.45, 7) is 4.28. The summed E-state index contributed by atoms with van der Waals surface area (Å²) in [5, 5.41) is 10.0. The summed E-state index contributed by atoms with van der Waals surface area (Å²) < 4.78 is 5.96. The number of benzene rings is 1. The minimum Gasteiger partial charge on any atom is -0.508 e. The number of phenols is 1. The lowest BCUT2D eigenvalue weighted by atomic mass is 9.56. The molecule has 124 valence electrons. The van der Waals surface area contributed by atoms with Crippen molar-refractivity contribution in [3.05, 3.63) is 29.3 Å². The van der Waals surface area contributed by atoms with Gasteiger partial charge in [-0.05, 0) is 73.7 Å². The van der Waals surface area contributed by atoms with Crippen LogP contribution in [0.25, 0.3) is 0 Å². The minimum absolute atomic E-state index is 0.158. The average molecular weight is 313 g/mol. The summed E-state index contributed by atoms with van der Waals surface area (Å²) in [6, 6.07) is 6.75. The first kappa shape index (κ1) is 14.3. The van der Waals surface area contributed by atoms with Crippen LogP contribution in [0.2, 0.25) is 0 Å². The number of hydrogen-bond acceptors (Lipinski definition) is 3. The fourth-order valence-electron chi connectivity index (χ4n) is 5.78. The fourth-order valence-corrected chi connectivity index (χ4v) is 5.78. The van der Waals surface area contributed by atoms with Crippen molar-refractivity contribution in [3.8, 4) is 5.75 Å². The van der Waals surface area contributed by atoms with Crippen LogP contribution in [0.4, 0.5) is 0 Å². The van der Waals surface area contributed by atoms with Gasteiger partial charge < -0.3 is 9.84 Å². The molecule has 2 aliphatic heterocycles. The van der Waals surface area contributed by atoms with E-state index in [0.29, 0.717) is 17.7 Å².